The lowest BCUT2D eigenvalue weighted by molar-refractivity contribution is 0.0985. The van der Waals surface area contributed by atoms with Gasteiger partial charge in [-0.2, -0.15) is 0 Å². The van der Waals surface area contributed by atoms with Gasteiger partial charge >= 0.3 is 0 Å². The van der Waals surface area contributed by atoms with E-state index in [0.717, 1.165) is 23.2 Å². The number of sulfonamides is 1. The Morgan fingerprint density at radius 3 is 2.52 bits per heavy atom. The number of hydrogen-bond donors (Lipinski definition) is 1. The lowest BCUT2D eigenvalue weighted by Crippen LogP contribution is -2.35. The van der Waals surface area contributed by atoms with Crippen LogP contribution in [0.25, 0.3) is 0 Å². The molecule has 5 nitrogen and oxygen atoms in total. The van der Waals surface area contributed by atoms with E-state index in [2.05, 4.69) is 4.72 Å². The highest BCUT2D eigenvalue weighted by Gasteiger charge is 2.26. The maximum absolute atomic E-state index is 13.0. The predicted molar refractivity (Wildman–Crippen MR) is 125 cm³/mol. The van der Waals surface area contributed by atoms with Crippen LogP contribution in [0.15, 0.2) is 65.6 Å². The van der Waals surface area contributed by atoms with Crippen molar-refractivity contribution in [1.29, 1.82) is 0 Å². The number of carbonyl (C=O) groups is 1. The third-order valence-electron chi connectivity index (χ3n) is 5.22. The molecular formula is C23H20Cl2N2O3S. The van der Waals surface area contributed by atoms with Crippen molar-refractivity contribution in [2.24, 2.45) is 0 Å². The quantitative estimate of drug-likeness (QED) is 0.527. The van der Waals surface area contributed by atoms with Gasteiger partial charge in [-0.3, -0.25) is 9.52 Å². The SMILES string of the molecule is Cc1ccc(C(=O)N2CCCc3cc(S(=O)(=O)Nc4cccc(Cl)c4Cl)ccc32)cc1. The molecule has 0 radical (unpaired) electrons. The zero-order valence-corrected chi connectivity index (χ0v) is 19.1. The van der Waals surface area contributed by atoms with E-state index in [-0.39, 0.29) is 26.5 Å². The molecule has 0 spiro atoms. The van der Waals surface area contributed by atoms with Crippen LogP contribution >= 0.6 is 23.2 Å². The van der Waals surface area contributed by atoms with E-state index >= 15 is 0 Å². The number of fused-ring (bicyclic) bond motifs is 1. The normalized spacial score (nSPS) is 13.6. The summed E-state index contributed by atoms with van der Waals surface area (Å²) in [6, 6.07) is 17.0. The van der Waals surface area contributed by atoms with E-state index in [0.29, 0.717) is 18.5 Å². The van der Waals surface area contributed by atoms with Gasteiger partial charge in [0.05, 0.1) is 20.6 Å². The van der Waals surface area contributed by atoms with Crippen molar-refractivity contribution in [3.63, 3.8) is 0 Å². The number of aryl methyl sites for hydroxylation is 2. The molecule has 160 valence electrons. The first-order valence-corrected chi connectivity index (χ1v) is 12.0. The number of halogens is 2. The molecule has 1 amide bonds. The summed E-state index contributed by atoms with van der Waals surface area (Å²) >= 11 is 12.1. The summed E-state index contributed by atoms with van der Waals surface area (Å²) in [7, 11) is -3.88. The molecule has 0 saturated carbocycles. The zero-order valence-electron chi connectivity index (χ0n) is 16.7. The molecule has 1 aliphatic rings. The minimum absolute atomic E-state index is 0.0969. The second-order valence-corrected chi connectivity index (χ2v) is 9.89. The fraction of sp³-hybridized carbons (Fsp3) is 0.174. The summed E-state index contributed by atoms with van der Waals surface area (Å²) in [6.07, 6.45) is 1.44. The van der Waals surface area contributed by atoms with Gasteiger partial charge in [-0.1, -0.05) is 47.0 Å². The van der Waals surface area contributed by atoms with Crippen LogP contribution in [-0.2, 0) is 16.4 Å². The number of nitrogens with zero attached hydrogens (tertiary/aromatic N) is 1. The van der Waals surface area contributed by atoms with Crippen molar-refractivity contribution in [3.8, 4) is 0 Å². The largest absolute Gasteiger partial charge is 0.308 e. The number of anilines is 2. The Morgan fingerprint density at radius 2 is 1.77 bits per heavy atom. The van der Waals surface area contributed by atoms with Crippen LogP contribution in [0.3, 0.4) is 0 Å². The fourth-order valence-electron chi connectivity index (χ4n) is 3.59. The molecule has 4 rings (SSSR count). The van der Waals surface area contributed by atoms with Crippen molar-refractivity contribution in [3.05, 3.63) is 87.4 Å². The zero-order chi connectivity index (χ0) is 22.2. The summed E-state index contributed by atoms with van der Waals surface area (Å²) in [5.41, 5.74) is 3.44. The van der Waals surface area contributed by atoms with E-state index in [1.165, 1.54) is 6.07 Å². The number of carbonyl (C=O) groups excluding carboxylic acids is 1. The Balaban J connectivity index is 1.64. The summed E-state index contributed by atoms with van der Waals surface area (Å²) in [5, 5.41) is 0.401. The van der Waals surface area contributed by atoms with E-state index in [4.69, 9.17) is 23.2 Å². The summed E-state index contributed by atoms with van der Waals surface area (Å²) < 4.78 is 28.3. The lowest BCUT2D eigenvalue weighted by atomic mass is 10.0. The van der Waals surface area contributed by atoms with Gasteiger partial charge in [-0.15, -0.1) is 0 Å². The van der Waals surface area contributed by atoms with Crippen molar-refractivity contribution in [1.82, 2.24) is 0 Å². The van der Waals surface area contributed by atoms with Gasteiger partial charge in [0.2, 0.25) is 0 Å². The van der Waals surface area contributed by atoms with Gasteiger partial charge in [-0.05, 0) is 67.8 Å². The van der Waals surface area contributed by atoms with E-state index in [1.807, 2.05) is 31.2 Å². The Kier molecular flexibility index (Phi) is 5.97. The highest BCUT2D eigenvalue weighted by molar-refractivity contribution is 7.92. The van der Waals surface area contributed by atoms with Gasteiger partial charge < -0.3 is 4.90 Å². The number of amides is 1. The molecule has 0 aliphatic carbocycles. The van der Waals surface area contributed by atoms with Crippen molar-refractivity contribution in [2.75, 3.05) is 16.2 Å². The number of benzene rings is 3. The Morgan fingerprint density at radius 1 is 1.03 bits per heavy atom. The molecule has 1 aliphatic heterocycles. The van der Waals surface area contributed by atoms with Crippen molar-refractivity contribution < 1.29 is 13.2 Å². The molecule has 0 fully saturated rings. The second kappa shape index (κ2) is 8.54. The highest BCUT2D eigenvalue weighted by Crippen LogP contribution is 2.33. The van der Waals surface area contributed by atoms with E-state index < -0.39 is 10.0 Å². The topological polar surface area (TPSA) is 66.5 Å². The average Bonchev–Trinajstić information content (AvgIpc) is 2.76. The van der Waals surface area contributed by atoms with Crippen LogP contribution < -0.4 is 9.62 Å². The smallest absolute Gasteiger partial charge is 0.261 e. The maximum atomic E-state index is 13.0. The van der Waals surface area contributed by atoms with E-state index in [9.17, 15) is 13.2 Å². The van der Waals surface area contributed by atoms with Crippen molar-refractivity contribution in [2.45, 2.75) is 24.7 Å². The molecule has 3 aromatic rings. The Hall–Kier alpha value is -2.54. The second-order valence-electron chi connectivity index (χ2n) is 7.42. The molecule has 1 N–H and O–H groups in total. The first-order valence-electron chi connectivity index (χ1n) is 9.74. The van der Waals surface area contributed by atoms with Crippen LogP contribution in [0.4, 0.5) is 11.4 Å². The van der Waals surface area contributed by atoms with Crippen LogP contribution in [0.1, 0.15) is 27.9 Å². The molecule has 1 heterocycles. The van der Waals surface area contributed by atoms with Crippen LogP contribution in [-0.4, -0.2) is 20.9 Å². The lowest BCUT2D eigenvalue weighted by Gasteiger charge is -2.30. The molecule has 3 aromatic carbocycles. The van der Waals surface area contributed by atoms with Gasteiger partial charge in [0, 0.05) is 17.8 Å². The van der Waals surface area contributed by atoms with Crippen molar-refractivity contribution >= 4 is 50.5 Å². The monoisotopic (exact) mass is 474 g/mol. The predicted octanol–water partition coefficient (Wildman–Crippen LogP) is 5.70. The summed E-state index contributed by atoms with van der Waals surface area (Å²) in [6.45, 7) is 2.55. The number of hydrogen-bond acceptors (Lipinski definition) is 3. The fourth-order valence-corrected chi connectivity index (χ4v) is 5.12. The van der Waals surface area contributed by atoms with Gasteiger partial charge in [0.1, 0.15) is 0 Å². The molecule has 0 aromatic heterocycles. The Labute approximate surface area is 191 Å². The van der Waals surface area contributed by atoms with Gasteiger partial charge in [0.25, 0.3) is 15.9 Å². The van der Waals surface area contributed by atoms with Crippen LogP contribution in [0.5, 0.6) is 0 Å². The third kappa shape index (κ3) is 4.42. The standard InChI is InChI=1S/C23H20Cl2N2O3S/c1-15-7-9-16(10-8-15)23(28)27-13-3-4-17-14-18(11-12-21(17)27)31(29,30)26-20-6-2-5-19(24)22(20)25/h2,5-12,14,26H,3-4,13H2,1H3. The van der Waals surface area contributed by atoms with Gasteiger partial charge in [0.15, 0.2) is 0 Å². The summed E-state index contributed by atoms with van der Waals surface area (Å²) in [4.78, 5) is 14.8. The Bertz CT molecular complexity index is 1260. The average molecular weight is 475 g/mol. The minimum atomic E-state index is -3.88. The molecule has 0 saturated heterocycles. The maximum Gasteiger partial charge on any atom is 0.261 e. The molecule has 31 heavy (non-hydrogen) atoms. The highest BCUT2D eigenvalue weighted by atomic mass is 35.5. The van der Waals surface area contributed by atoms with E-state index in [1.54, 1.807) is 35.2 Å². The minimum Gasteiger partial charge on any atom is -0.308 e. The first kappa shape index (κ1) is 21.7. The first-order chi connectivity index (χ1) is 14.8. The molecule has 0 bridgehead atoms. The van der Waals surface area contributed by atoms with Gasteiger partial charge in [-0.25, -0.2) is 8.42 Å². The molecule has 0 atom stereocenters. The molecule has 8 heteroatoms. The van der Waals surface area contributed by atoms with Crippen LogP contribution in [0.2, 0.25) is 10.0 Å². The number of nitrogens with one attached hydrogen (secondary N) is 1. The number of rotatable bonds is 4. The molecule has 0 unspecified atom stereocenters. The van der Waals surface area contributed by atoms with Crippen LogP contribution in [0, 0.1) is 6.92 Å². The third-order valence-corrected chi connectivity index (χ3v) is 7.40. The summed E-state index contributed by atoms with van der Waals surface area (Å²) in [5.74, 6) is -0.0969. The molecular weight excluding hydrogens is 455 g/mol.